The third-order valence-electron chi connectivity index (χ3n) is 3.37. The second-order valence-electron chi connectivity index (χ2n) is 6.71. The minimum absolute atomic E-state index is 0.104. The number of rotatable bonds is 0. The number of hydrogen-bond acceptors (Lipinski definition) is 4. The van der Waals surface area contributed by atoms with Crippen molar-refractivity contribution in [3.05, 3.63) is 0 Å². The first kappa shape index (κ1) is 16.3. The van der Waals surface area contributed by atoms with Gasteiger partial charge >= 0.3 is 0 Å². The van der Waals surface area contributed by atoms with Crippen LogP contribution in [0.3, 0.4) is 0 Å². The van der Waals surface area contributed by atoms with E-state index in [0.29, 0.717) is 0 Å². The third-order valence-corrected chi connectivity index (χ3v) is 3.37. The largest absolute Gasteiger partial charge is 0.310 e. The molecule has 0 fully saturated rings. The zero-order chi connectivity index (χ0) is 14.4. The second-order valence-corrected chi connectivity index (χ2v) is 6.71. The molecule has 0 radical (unpaired) electrons. The van der Waals surface area contributed by atoms with Crippen molar-refractivity contribution in [3.63, 3.8) is 0 Å². The maximum Gasteiger partial charge on any atom is 0.0584 e. The molecule has 1 aliphatic rings. The van der Waals surface area contributed by atoms with E-state index in [-0.39, 0.29) is 11.1 Å². The molecule has 0 aliphatic carbocycles. The molecule has 0 bridgehead atoms. The number of nitrogens with one attached hydrogen (secondary N) is 2. The van der Waals surface area contributed by atoms with Crippen molar-refractivity contribution in [3.8, 4) is 0 Å². The van der Waals surface area contributed by atoms with Gasteiger partial charge in [0.05, 0.1) is 13.1 Å². The van der Waals surface area contributed by atoms with Crippen molar-refractivity contribution < 1.29 is 0 Å². The summed E-state index contributed by atoms with van der Waals surface area (Å²) in [5.41, 5.74) is 1.42. The van der Waals surface area contributed by atoms with E-state index < -0.39 is 0 Å². The molecule has 4 nitrogen and oxygen atoms in total. The molecule has 0 aromatic rings. The van der Waals surface area contributed by atoms with Crippen molar-refractivity contribution in [1.82, 2.24) is 10.6 Å². The first-order valence-electron chi connectivity index (χ1n) is 7.29. The lowest BCUT2D eigenvalue weighted by molar-refractivity contribution is 0.360. The Morgan fingerprint density at radius 2 is 1.63 bits per heavy atom. The first-order chi connectivity index (χ1) is 8.81. The molecule has 0 amide bonds. The van der Waals surface area contributed by atoms with Gasteiger partial charge in [-0.25, -0.2) is 0 Å². The normalized spacial score (nSPS) is 25.4. The molecule has 1 rings (SSSR count). The molecule has 19 heavy (non-hydrogen) atoms. The van der Waals surface area contributed by atoms with Crippen LogP contribution >= 0.6 is 0 Å². The highest BCUT2D eigenvalue weighted by molar-refractivity contribution is 5.82. The highest BCUT2D eigenvalue weighted by Crippen LogP contribution is 2.10. The Bertz CT molecular complexity index is 329. The minimum Gasteiger partial charge on any atom is -0.310 e. The summed E-state index contributed by atoms with van der Waals surface area (Å²) < 4.78 is 0. The number of nitrogens with zero attached hydrogens (tertiary/aromatic N) is 2. The van der Waals surface area contributed by atoms with Crippen LogP contribution in [0.2, 0.25) is 0 Å². The van der Waals surface area contributed by atoms with E-state index in [1.165, 1.54) is 5.71 Å². The quantitative estimate of drug-likeness (QED) is 0.705. The average molecular weight is 266 g/mol. The highest BCUT2D eigenvalue weighted by Gasteiger charge is 2.19. The summed E-state index contributed by atoms with van der Waals surface area (Å²) in [6.45, 7) is 14.6. The lowest BCUT2D eigenvalue weighted by atomic mass is 9.97. The summed E-state index contributed by atoms with van der Waals surface area (Å²) in [7, 11) is 0. The monoisotopic (exact) mass is 266 g/mol. The summed E-state index contributed by atoms with van der Waals surface area (Å²) in [4.78, 5) is 9.03. The fourth-order valence-electron chi connectivity index (χ4n) is 2.31. The van der Waals surface area contributed by atoms with Crippen LogP contribution in [0.5, 0.6) is 0 Å². The fourth-order valence-corrected chi connectivity index (χ4v) is 2.31. The van der Waals surface area contributed by atoms with Crippen molar-refractivity contribution in [2.24, 2.45) is 9.98 Å². The van der Waals surface area contributed by atoms with Gasteiger partial charge in [-0.2, -0.15) is 0 Å². The van der Waals surface area contributed by atoms with Gasteiger partial charge in [0.2, 0.25) is 0 Å². The number of aliphatic imine (C=N–C) groups is 2. The van der Waals surface area contributed by atoms with E-state index in [0.717, 1.165) is 39.0 Å². The van der Waals surface area contributed by atoms with E-state index in [2.05, 4.69) is 55.2 Å². The van der Waals surface area contributed by atoms with Gasteiger partial charge in [-0.05, 0) is 41.0 Å². The van der Waals surface area contributed by atoms with Crippen LogP contribution in [-0.2, 0) is 0 Å². The third kappa shape index (κ3) is 7.43. The minimum atomic E-state index is 0.104. The summed E-state index contributed by atoms with van der Waals surface area (Å²) in [5, 5.41) is 7.18. The highest BCUT2D eigenvalue weighted by atomic mass is 15.0. The molecule has 110 valence electrons. The summed E-state index contributed by atoms with van der Waals surface area (Å²) in [6.07, 6.45) is 3.97. The average Bonchev–Trinajstić information content (AvgIpc) is 2.28. The molecule has 0 saturated heterocycles. The van der Waals surface area contributed by atoms with E-state index in [1.807, 2.05) is 6.21 Å². The molecule has 4 heteroatoms. The number of hydrogen-bond donors (Lipinski definition) is 2. The molecule has 0 unspecified atom stereocenters. The Morgan fingerprint density at radius 1 is 1.00 bits per heavy atom. The van der Waals surface area contributed by atoms with Crippen LogP contribution < -0.4 is 10.6 Å². The van der Waals surface area contributed by atoms with Gasteiger partial charge in [0.1, 0.15) is 0 Å². The van der Waals surface area contributed by atoms with Crippen LogP contribution in [-0.4, -0.2) is 49.2 Å². The molecule has 0 spiro atoms. The van der Waals surface area contributed by atoms with Crippen LogP contribution in [0, 0.1) is 0 Å². The van der Waals surface area contributed by atoms with Gasteiger partial charge in [0.25, 0.3) is 0 Å². The lowest BCUT2D eigenvalue weighted by Gasteiger charge is -2.29. The van der Waals surface area contributed by atoms with Crippen molar-refractivity contribution in [1.29, 1.82) is 0 Å². The topological polar surface area (TPSA) is 48.8 Å². The van der Waals surface area contributed by atoms with E-state index in [9.17, 15) is 0 Å². The lowest BCUT2D eigenvalue weighted by Crippen LogP contribution is -2.48. The molecular weight excluding hydrogens is 236 g/mol. The molecule has 0 saturated carbocycles. The first-order valence-corrected chi connectivity index (χ1v) is 7.29. The second kappa shape index (κ2) is 7.15. The molecule has 1 heterocycles. The van der Waals surface area contributed by atoms with Crippen molar-refractivity contribution >= 4 is 11.9 Å². The standard InChI is InChI=1S/C15H30N4/c1-13-12-15(4,5)19-11-10-18-14(2,3)6-7-16-8-9-17-13/h7,18-19H,6,8-12H2,1-5H3. The Hall–Kier alpha value is -0.740. The van der Waals surface area contributed by atoms with Crippen molar-refractivity contribution in [2.45, 2.75) is 58.5 Å². The van der Waals surface area contributed by atoms with Gasteiger partial charge in [-0.3, -0.25) is 9.98 Å². The SMILES string of the molecule is CC1=NCCN=CCC(C)(C)NCCNC(C)(C)C1. The molecular formula is C15H30N4. The summed E-state index contributed by atoms with van der Waals surface area (Å²) in [6, 6.07) is 0. The van der Waals surface area contributed by atoms with E-state index in [1.54, 1.807) is 0 Å². The van der Waals surface area contributed by atoms with Crippen molar-refractivity contribution in [2.75, 3.05) is 26.2 Å². The predicted molar refractivity (Wildman–Crippen MR) is 84.7 cm³/mol. The Balaban J connectivity index is 2.65. The summed E-state index contributed by atoms with van der Waals surface area (Å²) in [5.74, 6) is 0. The fraction of sp³-hybridized carbons (Fsp3) is 0.867. The molecule has 0 aromatic heterocycles. The summed E-state index contributed by atoms with van der Waals surface area (Å²) >= 11 is 0. The van der Waals surface area contributed by atoms with Gasteiger partial charge < -0.3 is 10.6 Å². The van der Waals surface area contributed by atoms with Crippen LogP contribution in [0.1, 0.15) is 47.5 Å². The zero-order valence-electron chi connectivity index (χ0n) is 13.2. The molecule has 0 atom stereocenters. The zero-order valence-corrected chi connectivity index (χ0v) is 13.2. The maximum absolute atomic E-state index is 4.59. The van der Waals surface area contributed by atoms with Crippen LogP contribution in [0.15, 0.2) is 9.98 Å². The maximum atomic E-state index is 4.59. The van der Waals surface area contributed by atoms with E-state index >= 15 is 0 Å². The molecule has 1 aliphatic heterocycles. The Kier molecular flexibility index (Phi) is 6.14. The van der Waals surface area contributed by atoms with Gasteiger partial charge in [0, 0.05) is 42.5 Å². The van der Waals surface area contributed by atoms with Gasteiger partial charge in [-0.15, -0.1) is 0 Å². The Morgan fingerprint density at radius 3 is 2.32 bits per heavy atom. The predicted octanol–water partition coefficient (Wildman–Crippen LogP) is 2.05. The smallest absolute Gasteiger partial charge is 0.0584 e. The molecule has 0 aromatic carbocycles. The Labute approximate surface area is 118 Å². The van der Waals surface area contributed by atoms with Crippen LogP contribution in [0.25, 0.3) is 0 Å². The van der Waals surface area contributed by atoms with Gasteiger partial charge in [0.15, 0.2) is 0 Å². The molecule has 2 N–H and O–H groups in total. The van der Waals surface area contributed by atoms with Gasteiger partial charge in [-0.1, -0.05) is 0 Å². The van der Waals surface area contributed by atoms with E-state index in [4.69, 9.17) is 0 Å². The van der Waals surface area contributed by atoms with Crippen LogP contribution in [0.4, 0.5) is 0 Å².